The number of rotatable bonds is 5. The highest BCUT2D eigenvalue weighted by Gasteiger charge is 2.42. The van der Waals surface area contributed by atoms with Crippen molar-refractivity contribution in [3.05, 3.63) is 0 Å². The molecule has 0 aliphatic carbocycles. The Hall–Kier alpha value is -0.610. The molecular weight excluding hydrogens is 216 g/mol. The van der Waals surface area contributed by atoms with Crippen molar-refractivity contribution in [2.24, 2.45) is 11.8 Å². The van der Waals surface area contributed by atoms with Crippen LogP contribution in [-0.4, -0.2) is 49.7 Å². The summed E-state index contributed by atoms with van der Waals surface area (Å²) in [4.78, 5) is 13.9. The van der Waals surface area contributed by atoms with Gasteiger partial charge in [0.2, 0.25) is 0 Å². The third-order valence-electron chi connectivity index (χ3n) is 4.15. The Bertz CT molecular complexity index is 270. The van der Waals surface area contributed by atoms with Crippen LogP contribution in [0.5, 0.6) is 0 Å². The van der Waals surface area contributed by atoms with E-state index in [2.05, 4.69) is 24.1 Å². The number of carbonyl (C=O) groups is 1. The lowest BCUT2D eigenvalue weighted by atomic mass is 9.95. The fraction of sp³-hybridized carbons (Fsp3) is 0.923. The first-order chi connectivity index (χ1) is 8.22. The first-order valence-electron chi connectivity index (χ1n) is 6.82. The maximum Gasteiger partial charge on any atom is 0.320 e. The molecule has 2 fully saturated rings. The minimum atomic E-state index is -0.0572. The highest BCUT2D eigenvalue weighted by Crippen LogP contribution is 2.31. The van der Waals surface area contributed by atoms with Crippen molar-refractivity contribution in [3.63, 3.8) is 0 Å². The minimum Gasteiger partial charge on any atom is -0.465 e. The summed E-state index contributed by atoms with van der Waals surface area (Å²) >= 11 is 0. The molecule has 98 valence electrons. The number of carbonyl (C=O) groups excluding carboxylic acids is 1. The molecule has 0 aromatic rings. The van der Waals surface area contributed by atoms with Gasteiger partial charge in [-0.1, -0.05) is 13.3 Å². The SMILES string of the molecule is CCCCOC(=O)CN1CC2CNCC2C1C. The summed E-state index contributed by atoms with van der Waals surface area (Å²) in [7, 11) is 0. The van der Waals surface area contributed by atoms with Crippen LogP contribution in [0.25, 0.3) is 0 Å². The molecule has 2 rings (SSSR count). The van der Waals surface area contributed by atoms with Crippen LogP contribution in [-0.2, 0) is 9.53 Å². The second-order valence-electron chi connectivity index (χ2n) is 5.33. The van der Waals surface area contributed by atoms with E-state index in [-0.39, 0.29) is 5.97 Å². The molecule has 2 heterocycles. The van der Waals surface area contributed by atoms with Crippen molar-refractivity contribution >= 4 is 5.97 Å². The van der Waals surface area contributed by atoms with Crippen LogP contribution >= 0.6 is 0 Å². The summed E-state index contributed by atoms with van der Waals surface area (Å²) < 4.78 is 5.22. The fourth-order valence-electron chi connectivity index (χ4n) is 3.01. The molecular formula is C13H24N2O2. The van der Waals surface area contributed by atoms with Crippen LogP contribution in [0.4, 0.5) is 0 Å². The number of fused-ring (bicyclic) bond motifs is 1. The molecule has 3 atom stereocenters. The maximum absolute atomic E-state index is 11.7. The molecule has 2 aliphatic heterocycles. The molecule has 17 heavy (non-hydrogen) atoms. The molecule has 1 N–H and O–H groups in total. The number of nitrogens with zero attached hydrogens (tertiary/aromatic N) is 1. The van der Waals surface area contributed by atoms with E-state index < -0.39 is 0 Å². The summed E-state index contributed by atoms with van der Waals surface area (Å²) in [6.45, 7) is 8.64. The third-order valence-corrected chi connectivity index (χ3v) is 4.15. The highest BCUT2D eigenvalue weighted by molar-refractivity contribution is 5.71. The van der Waals surface area contributed by atoms with Gasteiger partial charge in [0.1, 0.15) is 0 Å². The predicted molar refractivity (Wildman–Crippen MR) is 66.8 cm³/mol. The average molecular weight is 240 g/mol. The van der Waals surface area contributed by atoms with Gasteiger partial charge in [0.05, 0.1) is 13.2 Å². The number of unbranched alkanes of at least 4 members (excludes halogenated alkanes) is 1. The second kappa shape index (κ2) is 5.83. The Morgan fingerprint density at radius 1 is 1.47 bits per heavy atom. The molecule has 3 unspecified atom stereocenters. The Balaban J connectivity index is 1.74. The van der Waals surface area contributed by atoms with Gasteiger partial charge in [-0.05, 0) is 38.3 Å². The van der Waals surface area contributed by atoms with Gasteiger partial charge < -0.3 is 10.1 Å². The summed E-state index contributed by atoms with van der Waals surface area (Å²) in [6.07, 6.45) is 2.04. The quantitative estimate of drug-likeness (QED) is 0.572. The minimum absolute atomic E-state index is 0.0572. The largest absolute Gasteiger partial charge is 0.465 e. The van der Waals surface area contributed by atoms with Crippen molar-refractivity contribution in [1.29, 1.82) is 0 Å². The number of hydrogen-bond acceptors (Lipinski definition) is 4. The van der Waals surface area contributed by atoms with Crippen molar-refractivity contribution in [2.45, 2.75) is 32.7 Å². The number of hydrogen-bond donors (Lipinski definition) is 1. The normalized spacial score (nSPS) is 32.7. The van der Waals surface area contributed by atoms with E-state index >= 15 is 0 Å². The van der Waals surface area contributed by atoms with Gasteiger partial charge in [0.15, 0.2) is 0 Å². The smallest absolute Gasteiger partial charge is 0.320 e. The van der Waals surface area contributed by atoms with Gasteiger partial charge >= 0.3 is 5.97 Å². The predicted octanol–water partition coefficient (Wildman–Crippen LogP) is 0.869. The topological polar surface area (TPSA) is 41.6 Å². The van der Waals surface area contributed by atoms with Gasteiger partial charge in [-0.3, -0.25) is 9.69 Å². The van der Waals surface area contributed by atoms with Crippen molar-refractivity contribution in [1.82, 2.24) is 10.2 Å². The summed E-state index contributed by atoms with van der Waals surface area (Å²) in [6, 6.07) is 0.508. The lowest BCUT2D eigenvalue weighted by Gasteiger charge is -2.23. The molecule has 0 aromatic carbocycles. The number of esters is 1. The molecule has 4 heteroatoms. The summed E-state index contributed by atoms with van der Waals surface area (Å²) in [5, 5.41) is 3.43. The van der Waals surface area contributed by atoms with Crippen LogP contribution in [0.2, 0.25) is 0 Å². The van der Waals surface area contributed by atoms with Crippen molar-refractivity contribution in [2.75, 3.05) is 32.8 Å². The van der Waals surface area contributed by atoms with Gasteiger partial charge in [-0.25, -0.2) is 0 Å². The standard InChI is InChI=1S/C13H24N2O2/c1-3-4-5-17-13(16)9-15-8-11-6-14-7-12(11)10(15)2/h10-12,14H,3-9H2,1-2H3. The zero-order valence-corrected chi connectivity index (χ0v) is 10.9. The number of likely N-dealkylation sites (tertiary alicyclic amines) is 1. The lowest BCUT2D eigenvalue weighted by molar-refractivity contribution is -0.145. The van der Waals surface area contributed by atoms with E-state index in [0.29, 0.717) is 19.2 Å². The van der Waals surface area contributed by atoms with E-state index in [0.717, 1.165) is 44.3 Å². The molecule has 0 spiro atoms. The van der Waals surface area contributed by atoms with Crippen LogP contribution in [0.15, 0.2) is 0 Å². The van der Waals surface area contributed by atoms with Crippen LogP contribution in [0, 0.1) is 11.8 Å². The third kappa shape index (κ3) is 2.99. The molecule has 2 saturated heterocycles. The Morgan fingerprint density at radius 2 is 2.29 bits per heavy atom. The molecule has 0 bridgehead atoms. The van der Waals surface area contributed by atoms with E-state index in [1.165, 1.54) is 0 Å². The lowest BCUT2D eigenvalue weighted by Crippen LogP contribution is -2.37. The molecule has 0 amide bonds. The zero-order chi connectivity index (χ0) is 12.3. The van der Waals surface area contributed by atoms with Crippen LogP contribution in [0.3, 0.4) is 0 Å². The Kier molecular flexibility index (Phi) is 4.40. The molecule has 2 aliphatic rings. The number of nitrogens with one attached hydrogen (secondary N) is 1. The van der Waals surface area contributed by atoms with Crippen LogP contribution in [0.1, 0.15) is 26.7 Å². The van der Waals surface area contributed by atoms with Gasteiger partial charge in [0.25, 0.3) is 0 Å². The van der Waals surface area contributed by atoms with E-state index in [1.54, 1.807) is 0 Å². The Labute approximate surface area is 104 Å². The van der Waals surface area contributed by atoms with Crippen molar-refractivity contribution in [3.8, 4) is 0 Å². The number of ether oxygens (including phenoxy) is 1. The van der Waals surface area contributed by atoms with Crippen molar-refractivity contribution < 1.29 is 9.53 Å². The molecule has 0 aromatic heterocycles. The van der Waals surface area contributed by atoms with E-state index in [9.17, 15) is 4.79 Å². The van der Waals surface area contributed by atoms with E-state index in [1.807, 2.05) is 0 Å². The first kappa shape index (κ1) is 12.8. The zero-order valence-electron chi connectivity index (χ0n) is 10.9. The van der Waals surface area contributed by atoms with Gasteiger partial charge in [-0.2, -0.15) is 0 Å². The second-order valence-corrected chi connectivity index (χ2v) is 5.33. The fourth-order valence-corrected chi connectivity index (χ4v) is 3.01. The highest BCUT2D eigenvalue weighted by atomic mass is 16.5. The van der Waals surface area contributed by atoms with Gasteiger partial charge in [0, 0.05) is 12.6 Å². The summed E-state index contributed by atoms with van der Waals surface area (Å²) in [5.74, 6) is 1.39. The monoisotopic (exact) mass is 240 g/mol. The maximum atomic E-state index is 11.7. The molecule has 0 saturated carbocycles. The summed E-state index contributed by atoms with van der Waals surface area (Å²) in [5.41, 5.74) is 0. The average Bonchev–Trinajstić information content (AvgIpc) is 2.84. The molecule has 0 radical (unpaired) electrons. The molecule has 4 nitrogen and oxygen atoms in total. The first-order valence-corrected chi connectivity index (χ1v) is 6.82. The van der Waals surface area contributed by atoms with E-state index in [4.69, 9.17) is 4.74 Å². The van der Waals surface area contributed by atoms with Crippen LogP contribution < -0.4 is 5.32 Å². The van der Waals surface area contributed by atoms with Gasteiger partial charge in [-0.15, -0.1) is 0 Å². The Morgan fingerprint density at radius 3 is 3.00 bits per heavy atom.